The van der Waals surface area contributed by atoms with Crippen LogP contribution in [0.3, 0.4) is 0 Å². The molecule has 4 aliphatic heterocycles. The van der Waals surface area contributed by atoms with Gasteiger partial charge in [-0.15, -0.1) is 81.1 Å². The fraction of sp³-hybridized carbons (Fsp3) is 0.136. The Labute approximate surface area is 879 Å². The molecule has 4 aromatic heterocycles. The van der Waals surface area contributed by atoms with Crippen molar-refractivity contribution in [3.8, 4) is 61.6 Å². The summed E-state index contributed by atoms with van der Waals surface area (Å²) in [5.41, 5.74) is 34.7. The average molecular weight is 2130 g/mol. The number of hydrogen-bond acceptors (Lipinski definition) is 11. The summed E-state index contributed by atoms with van der Waals surface area (Å²) >= 11 is 1.86. The van der Waals surface area contributed by atoms with Gasteiger partial charge in [0.1, 0.15) is 0 Å². The van der Waals surface area contributed by atoms with E-state index < -0.39 is 0 Å². The first-order chi connectivity index (χ1) is 68.1. The summed E-state index contributed by atoms with van der Waals surface area (Å²) in [6.07, 6.45) is 11.5. The fourth-order valence-electron chi connectivity index (χ4n) is 19.7. The Bertz CT molecular complexity index is 7620. The number of thiophene rings is 1. The molecule has 0 saturated carbocycles. The van der Waals surface area contributed by atoms with Crippen molar-refractivity contribution in [1.82, 2.24) is 29.0 Å². The number of aryl methyl sites for hydroxylation is 4. The third kappa shape index (κ3) is 20.7. The molecule has 5 aliphatic rings. The van der Waals surface area contributed by atoms with Crippen LogP contribution in [0.5, 0.6) is 0 Å². The summed E-state index contributed by atoms with van der Waals surface area (Å²) in [4.78, 5) is 17.1. The van der Waals surface area contributed by atoms with E-state index in [-0.39, 0.29) is 63.8 Å². The van der Waals surface area contributed by atoms with Crippen LogP contribution < -0.4 is 34.3 Å². The quantitative estimate of drug-likeness (QED) is 0.0690. The van der Waals surface area contributed by atoms with E-state index in [2.05, 4.69) is 444 Å². The molecule has 0 unspecified atom stereocenters. The number of aromatic nitrogens is 5. The van der Waals surface area contributed by atoms with Gasteiger partial charge in [0.2, 0.25) is 0 Å². The number of unbranched alkanes of at least 4 members (excludes halogenated alkanes) is 2. The van der Waals surface area contributed by atoms with Crippen LogP contribution in [0.4, 0.5) is 56.9 Å². The van der Waals surface area contributed by atoms with Crippen LogP contribution in [0.2, 0.25) is 0 Å². The molecule has 0 spiro atoms. The van der Waals surface area contributed by atoms with Crippen molar-refractivity contribution in [2.24, 2.45) is 0 Å². The van der Waals surface area contributed by atoms with Crippen LogP contribution in [0.15, 0.2) is 382 Å². The molecule has 1 aliphatic carbocycles. The van der Waals surface area contributed by atoms with Gasteiger partial charge in [0.25, 0.3) is 0 Å². The maximum absolute atomic E-state index is 4.37. The summed E-state index contributed by atoms with van der Waals surface area (Å²) in [6, 6.07) is 150. The number of fused-ring (bicyclic) bond motifs is 12. The average Bonchev–Trinajstić information content (AvgIpc) is 1.56. The summed E-state index contributed by atoms with van der Waals surface area (Å²) in [5.74, 6) is 0. The normalized spacial score (nSPS) is 13.1. The van der Waals surface area contributed by atoms with E-state index in [1.165, 1.54) is 165 Å². The number of hydrogen-bond donors (Lipinski definition) is 0. The minimum absolute atomic E-state index is 0. The second kappa shape index (κ2) is 44.8. The van der Waals surface area contributed by atoms with E-state index in [0.717, 1.165) is 62.5 Å². The van der Waals surface area contributed by atoms with Crippen molar-refractivity contribution >= 4 is 110 Å². The zero-order chi connectivity index (χ0) is 95.0. The number of para-hydroxylation sites is 11. The summed E-state index contributed by atoms with van der Waals surface area (Å²) in [5, 5.41) is 13.9. The summed E-state index contributed by atoms with van der Waals surface area (Å²) < 4.78 is 8.83. The molecule has 0 N–H and O–H groups in total. The van der Waals surface area contributed by atoms with Crippen LogP contribution >= 0.6 is 11.3 Å². The van der Waals surface area contributed by atoms with Gasteiger partial charge in [0, 0.05) is 107 Å². The number of nitrogens with zero attached hydrogens (tertiary/aromatic N) is 13. The summed E-state index contributed by atoms with van der Waals surface area (Å²) in [6.45, 7) is 21.1. The van der Waals surface area contributed by atoms with E-state index >= 15 is 0 Å². The molecule has 0 bridgehead atoms. The number of anilines is 10. The molecule has 17 heteroatoms. The van der Waals surface area contributed by atoms with Gasteiger partial charge < -0.3 is 43.8 Å². The van der Waals surface area contributed by atoms with E-state index in [0.29, 0.717) is 0 Å². The van der Waals surface area contributed by atoms with Crippen molar-refractivity contribution in [1.29, 1.82) is 0 Å². The monoisotopic (exact) mass is 2130 g/mol. The van der Waals surface area contributed by atoms with Gasteiger partial charge in [-0.05, 0) is 200 Å². The third-order valence-corrected chi connectivity index (χ3v) is 27.6. The van der Waals surface area contributed by atoms with E-state index in [1.807, 2.05) is 146 Å². The zero-order valence-electron chi connectivity index (χ0n) is 81.1. The number of benzene rings is 16. The Morgan fingerprint density at radius 1 is 0.324 bits per heavy atom. The van der Waals surface area contributed by atoms with Crippen molar-refractivity contribution in [2.75, 3.05) is 62.5 Å². The van der Waals surface area contributed by atoms with Crippen LogP contribution in [0.1, 0.15) is 86.3 Å². The van der Waals surface area contributed by atoms with Gasteiger partial charge in [-0.25, -0.2) is 0 Å². The third-order valence-electron chi connectivity index (χ3n) is 26.4. The van der Waals surface area contributed by atoms with Crippen LogP contribution in [0.25, 0.3) is 104 Å². The van der Waals surface area contributed by atoms with E-state index in [9.17, 15) is 0 Å². The first kappa shape index (κ1) is 99.5. The van der Waals surface area contributed by atoms with Crippen LogP contribution in [-0.2, 0) is 63.8 Å². The van der Waals surface area contributed by atoms with Crippen molar-refractivity contribution in [3.63, 3.8) is 0 Å². The zero-order valence-corrected chi connectivity index (χ0v) is 86.9. The van der Waals surface area contributed by atoms with E-state index in [1.54, 1.807) is 5.56 Å². The van der Waals surface area contributed by atoms with Gasteiger partial charge in [-0.1, -0.05) is 214 Å². The molecule has 0 saturated heterocycles. The molecular weight excluding hydrogens is 2020 g/mol. The Kier molecular flexibility index (Phi) is 31.4. The molecule has 8 heterocycles. The van der Waals surface area contributed by atoms with Gasteiger partial charge in [0.15, 0.2) is 0 Å². The number of rotatable bonds is 16. The Balaban J connectivity index is 0.000000122. The topological polar surface area (TPSA) is 66.5 Å². The largest absolute Gasteiger partial charge is 3.00 e. The minimum Gasteiger partial charge on any atom is -0.510 e. The Morgan fingerprint density at radius 2 is 0.732 bits per heavy atom. The van der Waals surface area contributed by atoms with Crippen molar-refractivity contribution in [3.05, 3.63) is 479 Å². The van der Waals surface area contributed by atoms with Gasteiger partial charge >= 0.3 is 39.0 Å². The maximum atomic E-state index is 4.37. The molecule has 1 radical (unpaired) electrons. The maximum Gasteiger partial charge on any atom is 3.00 e. The predicted molar refractivity (Wildman–Crippen MR) is 581 cm³/mol. The molecule has 0 fully saturated rings. The summed E-state index contributed by atoms with van der Waals surface area (Å²) in [7, 11) is 8.25. The molecule has 0 amide bonds. The van der Waals surface area contributed by atoms with Crippen LogP contribution in [0, 0.1) is 90.8 Å². The molecule has 711 valence electrons. The minimum atomic E-state index is 0. The smallest absolute Gasteiger partial charge is 0.510 e. The molecule has 25 rings (SSSR count). The molecular formula is C125H109N13Rh3S-4. The van der Waals surface area contributed by atoms with Crippen LogP contribution in [-0.4, -0.2) is 57.2 Å². The van der Waals surface area contributed by atoms with Crippen molar-refractivity contribution in [2.45, 2.75) is 85.5 Å². The second-order valence-electron chi connectivity index (χ2n) is 35.9. The molecule has 20 aromatic rings. The standard InChI is InChI=1S/C35H36N2.C32H23N3.C22H16N2S.C14H12N2.2C11H11N2.3Rh/c1-4-6-22-35(23-7-5-2)31-13-9-8-12-29(31)30-21-18-27(24-32(30)35)26-16-19-28(20-17-26)37-25-36(3)33-14-10-11-15-34(33)37;1-33-22-34(31-14-8-7-13-30(31)33)25-18-15-23(16-19-25)24-17-20-28-27-11-5-6-12-29(27)35(32(28)21-24)26-9-3-2-4-10-26;1-23-12-13-24(15-23)18-9-6-16(7-10-18)17-8-11-20-19-4-2-3-5-21(19)25-22(20)14-17;1-15-11-16(12-7-3-2-4-8-12)14-10-6-5-9-13(14)15;2*1-9-8-10(2)13(12-9)11-6-4-3-5-7-11;;;/h8-19,21,24-25H,4-7,22-23H2,1-3H3;2-18,20-22H,1H3;2-9,11-15H,1H3;2-7,9-11H,1H3;2*3-6,8H,1-2H3;;;/q4*-2;2*-1;;2*+3. The molecule has 0 atom stereocenters. The van der Waals surface area contributed by atoms with Gasteiger partial charge in [-0.3, -0.25) is 9.36 Å². The first-order valence-corrected chi connectivity index (χ1v) is 48.6. The molecule has 13 nitrogen and oxygen atoms in total. The van der Waals surface area contributed by atoms with Crippen molar-refractivity contribution < 1.29 is 58.4 Å². The molecule has 142 heavy (non-hydrogen) atoms. The van der Waals surface area contributed by atoms with Gasteiger partial charge in [0.05, 0.1) is 22.4 Å². The van der Waals surface area contributed by atoms with E-state index in [4.69, 9.17) is 0 Å². The predicted octanol–water partition coefficient (Wildman–Crippen LogP) is 31.1. The fourth-order valence-corrected chi connectivity index (χ4v) is 20.8. The van der Waals surface area contributed by atoms with Gasteiger partial charge in [-0.2, -0.15) is 170 Å². The first-order valence-electron chi connectivity index (χ1n) is 47.8. The Hall–Kier alpha value is -14.0. The Morgan fingerprint density at radius 3 is 1.22 bits per heavy atom. The molecule has 16 aromatic carbocycles. The second-order valence-corrected chi connectivity index (χ2v) is 37.0. The SMILES string of the molecule is CCCCC1(CCCC)c2ccccc2-c2ccc(-c3c[c-]c(N4[CH-]N(C)c5ccccc54)cc3)cc21.CN1C=CN(c2[c-]cc(-c3ccc4c(c3)sc3ccccc34)cc2)[CH-]1.CN1[CH-]N(c2[c-]cc(-c3ccc4c5ccccc5n(-c5ccccc5)c4c3)cc2)c2ccccc21.CN1[CH-]N(c2[c-]cccc2)c2ccccc21.Cc1cc(C)n(-c2[c-]cccc2)n1.Cc1cc(C)n(-c2[c-]cccc2)n1.[Rh+3].[Rh+3].[Rh].